The minimum absolute atomic E-state index is 0.150. The summed E-state index contributed by atoms with van der Waals surface area (Å²) in [6, 6.07) is 0. The number of carbonyl (C=O) groups is 2. The van der Waals surface area contributed by atoms with Gasteiger partial charge in [0.1, 0.15) is 0 Å². The fourth-order valence-electron chi connectivity index (χ4n) is 3.71. The molecule has 0 aromatic rings. The lowest BCUT2D eigenvalue weighted by atomic mass is 9.83. The molecule has 0 aliphatic rings. The second-order valence-electron chi connectivity index (χ2n) is 9.93. The van der Waals surface area contributed by atoms with Crippen molar-refractivity contribution in [2.24, 2.45) is 16.7 Å². The highest BCUT2D eigenvalue weighted by atomic mass is 16.3. The Morgan fingerprint density at radius 1 is 0.867 bits per heavy atom. The van der Waals surface area contributed by atoms with Gasteiger partial charge >= 0.3 is 0 Å². The van der Waals surface area contributed by atoms with Crippen molar-refractivity contribution >= 4 is 11.8 Å². The van der Waals surface area contributed by atoms with Crippen LogP contribution in [-0.4, -0.2) is 34.2 Å². The number of nitrogens with two attached hydrogens (primary N) is 1. The van der Waals surface area contributed by atoms with E-state index in [1.54, 1.807) is 6.19 Å². The summed E-state index contributed by atoms with van der Waals surface area (Å²) in [6.45, 7) is 8.00. The van der Waals surface area contributed by atoms with Crippen LogP contribution in [0, 0.1) is 22.3 Å². The Bertz CT molecular complexity index is 558. The van der Waals surface area contributed by atoms with Crippen molar-refractivity contribution in [2.45, 2.75) is 111 Å². The van der Waals surface area contributed by atoms with Gasteiger partial charge in [-0.3, -0.25) is 20.3 Å². The van der Waals surface area contributed by atoms with Crippen LogP contribution in [0.5, 0.6) is 0 Å². The Kier molecular flexibility index (Phi) is 13.5. The molecule has 0 radical (unpaired) electrons. The Labute approximate surface area is 181 Å². The fourth-order valence-corrected chi connectivity index (χ4v) is 3.71. The lowest BCUT2D eigenvalue weighted by molar-refractivity contribution is -0.123. The molecule has 0 spiro atoms. The third kappa shape index (κ3) is 15.2. The average molecular weight is 427 g/mol. The van der Waals surface area contributed by atoms with Gasteiger partial charge in [-0.1, -0.05) is 40.5 Å². The molecule has 8 nitrogen and oxygen atoms in total. The third-order valence-electron chi connectivity index (χ3n) is 5.49. The average Bonchev–Trinajstić information content (AvgIpc) is 2.60. The van der Waals surface area contributed by atoms with Crippen LogP contribution in [0.4, 0.5) is 0 Å². The molecule has 0 saturated carbocycles. The van der Waals surface area contributed by atoms with Crippen LogP contribution in [-0.2, 0) is 9.59 Å². The topological polar surface area (TPSA) is 148 Å². The summed E-state index contributed by atoms with van der Waals surface area (Å²) in [6.07, 6.45) is 8.18. The van der Waals surface area contributed by atoms with Crippen molar-refractivity contribution < 1.29 is 19.8 Å². The molecule has 6 N–H and O–H groups in total. The smallest absolute Gasteiger partial charge is 0.234 e. The molecular weight excluding hydrogens is 384 g/mol. The molecular formula is C22H42N4O4. The van der Waals surface area contributed by atoms with Crippen molar-refractivity contribution in [1.29, 1.82) is 5.26 Å². The summed E-state index contributed by atoms with van der Waals surface area (Å²) in [7, 11) is 0. The van der Waals surface area contributed by atoms with E-state index in [0.717, 1.165) is 32.1 Å². The number of nitrogens with one attached hydrogen (secondary N) is 2. The van der Waals surface area contributed by atoms with E-state index >= 15 is 0 Å². The number of aliphatic hydroxyl groups is 2. The van der Waals surface area contributed by atoms with Crippen LogP contribution in [0.3, 0.4) is 0 Å². The molecule has 0 bridgehead atoms. The van der Waals surface area contributed by atoms with Crippen molar-refractivity contribution in [1.82, 2.24) is 10.7 Å². The Hall–Kier alpha value is -1.69. The first-order valence-electron chi connectivity index (χ1n) is 10.9. The normalized spacial score (nSPS) is 13.9. The van der Waals surface area contributed by atoms with Gasteiger partial charge < -0.3 is 10.2 Å². The zero-order valence-electron chi connectivity index (χ0n) is 19.2. The quantitative estimate of drug-likeness (QED) is 0.0842. The Morgan fingerprint density at radius 2 is 1.27 bits per heavy atom. The number of hydrogen-bond donors (Lipinski definition) is 5. The fraction of sp³-hybridized carbons (Fsp3) is 0.864. The maximum absolute atomic E-state index is 11.5. The predicted octanol–water partition coefficient (Wildman–Crippen LogP) is 2.64. The largest absolute Gasteiger partial charge is 0.393 e. The van der Waals surface area contributed by atoms with Crippen molar-refractivity contribution in [3.05, 3.63) is 0 Å². The molecule has 0 rings (SSSR count). The van der Waals surface area contributed by atoms with Gasteiger partial charge in [0.2, 0.25) is 11.8 Å². The first kappa shape index (κ1) is 28.3. The summed E-state index contributed by atoms with van der Waals surface area (Å²) in [5, 5.41) is 30.9. The van der Waals surface area contributed by atoms with Gasteiger partial charge in [-0.25, -0.2) is 5.84 Å². The predicted molar refractivity (Wildman–Crippen MR) is 116 cm³/mol. The van der Waals surface area contributed by atoms with E-state index in [4.69, 9.17) is 11.1 Å². The summed E-state index contributed by atoms with van der Waals surface area (Å²) >= 11 is 0. The van der Waals surface area contributed by atoms with E-state index in [0.29, 0.717) is 32.1 Å². The van der Waals surface area contributed by atoms with Crippen molar-refractivity contribution in [2.75, 3.05) is 0 Å². The zero-order valence-corrected chi connectivity index (χ0v) is 19.2. The molecule has 0 heterocycles. The van der Waals surface area contributed by atoms with E-state index < -0.39 is 12.2 Å². The molecule has 8 heteroatoms. The van der Waals surface area contributed by atoms with E-state index in [1.807, 2.05) is 27.7 Å². The van der Waals surface area contributed by atoms with E-state index in [1.165, 1.54) is 0 Å². The molecule has 0 aliphatic carbocycles. The maximum Gasteiger partial charge on any atom is 0.234 e. The van der Waals surface area contributed by atoms with Crippen LogP contribution in [0.1, 0.15) is 98.3 Å². The first-order chi connectivity index (χ1) is 13.9. The van der Waals surface area contributed by atoms with Gasteiger partial charge in [0, 0.05) is 12.8 Å². The Balaban J connectivity index is 3.92. The molecule has 30 heavy (non-hydrogen) atoms. The number of rotatable bonds is 16. The molecule has 0 aromatic carbocycles. The van der Waals surface area contributed by atoms with E-state index in [9.17, 15) is 19.8 Å². The summed E-state index contributed by atoms with van der Waals surface area (Å²) in [4.78, 5) is 22.9. The molecule has 0 fully saturated rings. The lowest BCUT2D eigenvalue weighted by Gasteiger charge is -2.24. The second kappa shape index (κ2) is 14.3. The molecule has 0 aromatic heterocycles. The highest BCUT2D eigenvalue weighted by Gasteiger charge is 2.23. The van der Waals surface area contributed by atoms with Crippen LogP contribution >= 0.6 is 0 Å². The van der Waals surface area contributed by atoms with Gasteiger partial charge in [-0.15, -0.1) is 0 Å². The standard InChI is InChI=1S/C22H42N4O4/c1-21(2,14-19(29)25-16-23)12-6-10-17(27)8-5-9-18(28)11-7-13-22(3,4)15-20(30)26-24/h17-18,27-28H,5-15,24H2,1-4H3,(H,25,29)(H,26,30). The monoisotopic (exact) mass is 426 g/mol. The number of carbonyl (C=O) groups excluding carboxylic acids is 2. The van der Waals surface area contributed by atoms with Gasteiger partial charge in [-0.2, -0.15) is 5.26 Å². The minimum Gasteiger partial charge on any atom is -0.393 e. The highest BCUT2D eigenvalue weighted by Crippen LogP contribution is 2.29. The number of amides is 2. The van der Waals surface area contributed by atoms with Crippen LogP contribution in [0.15, 0.2) is 0 Å². The maximum atomic E-state index is 11.5. The van der Waals surface area contributed by atoms with Crippen molar-refractivity contribution in [3.8, 4) is 6.19 Å². The molecule has 2 unspecified atom stereocenters. The number of nitrogens with zero attached hydrogens (tertiary/aromatic N) is 1. The van der Waals surface area contributed by atoms with Gasteiger partial charge in [0.25, 0.3) is 0 Å². The second-order valence-corrected chi connectivity index (χ2v) is 9.93. The number of nitriles is 1. The molecule has 2 amide bonds. The molecule has 0 aliphatic heterocycles. The van der Waals surface area contributed by atoms with Gasteiger partial charge in [0.05, 0.1) is 12.2 Å². The van der Waals surface area contributed by atoms with Crippen molar-refractivity contribution in [3.63, 3.8) is 0 Å². The van der Waals surface area contributed by atoms with Crippen LogP contribution in [0.25, 0.3) is 0 Å². The minimum atomic E-state index is -0.408. The summed E-state index contributed by atoms with van der Waals surface area (Å²) in [5.74, 6) is 4.68. The van der Waals surface area contributed by atoms with Crippen LogP contribution in [0.2, 0.25) is 0 Å². The molecule has 174 valence electrons. The highest BCUT2D eigenvalue weighted by molar-refractivity contribution is 5.78. The van der Waals surface area contributed by atoms with Gasteiger partial charge in [-0.05, 0) is 55.8 Å². The number of hydrogen-bond acceptors (Lipinski definition) is 6. The van der Waals surface area contributed by atoms with E-state index in [-0.39, 0.29) is 29.1 Å². The first-order valence-corrected chi connectivity index (χ1v) is 10.9. The lowest BCUT2D eigenvalue weighted by Crippen LogP contribution is -2.33. The van der Waals surface area contributed by atoms with E-state index in [2.05, 4.69) is 10.7 Å². The summed E-state index contributed by atoms with van der Waals surface area (Å²) in [5.41, 5.74) is 1.79. The summed E-state index contributed by atoms with van der Waals surface area (Å²) < 4.78 is 0. The molecule has 0 saturated heterocycles. The Morgan fingerprint density at radius 3 is 1.67 bits per heavy atom. The SMILES string of the molecule is CC(C)(CCCC(O)CCCC(O)CCCC(C)(C)CC(=O)NC#N)CC(=O)NN. The van der Waals surface area contributed by atoms with Crippen LogP contribution < -0.4 is 16.6 Å². The molecule has 2 atom stereocenters. The zero-order chi connectivity index (χ0) is 23.2. The van der Waals surface area contributed by atoms with Gasteiger partial charge in [0.15, 0.2) is 6.19 Å². The number of aliphatic hydroxyl groups excluding tert-OH is 2. The number of hydrazine groups is 1. The third-order valence-corrected chi connectivity index (χ3v) is 5.49.